The predicted octanol–water partition coefficient (Wildman–Crippen LogP) is 2.03. The first-order chi connectivity index (χ1) is 5.16. The zero-order valence-electron chi connectivity index (χ0n) is 5.77. The fourth-order valence-electron chi connectivity index (χ4n) is 0.817. The molecular formula is C7H8Cl2N2. The highest BCUT2D eigenvalue weighted by atomic mass is 35.5. The van der Waals surface area contributed by atoms with Crippen LogP contribution in [0.4, 0.5) is 5.69 Å². The zero-order valence-corrected chi connectivity index (χ0v) is 7.28. The van der Waals surface area contributed by atoms with Crippen molar-refractivity contribution in [1.29, 1.82) is 0 Å². The van der Waals surface area contributed by atoms with Crippen LogP contribution in [0.5, 0.6) is 0 Å². The van der Waals surface area contributed by atoms with Crippen LogP contribution in [0.2, 0.25) is 10.0 Å². The molecular weight excluding hydrogens is 183 g/mol. The third-order valence-corrected chi connectivity index (χ3v) is 2.13. The van der Waals surface area contributed by atoms with Gasteiger partial charge in [0.25, 0.3) is 0 Å². The topological polar surface area (TPSA) is 52.0 Å². The van der Waals surface area contributed by atoms with Crippen LogP contribution in [0.3, 0.4) is 0 Å². The summed E-state index contributed by atoms with van der Waals surface area (Å²) in [6.07, 6.45) is 0. The molecule has 0 saturated heterocycles. The van der Waals surface area contributed by atoms with Crippen LogP contribution in [0, 0.1) is 0 Å². The first kappa shape index (κ1) is 8.65. The highest BCUT2D eigenvalue weighted by Crippen LogP contribution is 2.28. The fourth-order valence-corrected chi connectivity index (χ4v) is 1.24. The molecule has 0 spiro atoms. The summed E-state index contributed by atoms with van der Waals surface area (Å²) in [5.74, 6) is 0. The minimum Gasteiger partial charge on any atom is -0.397 e. The number of benzene rings is 1. The van der Waals surface area contributed by atoms with Gasteiger partial charge in [-0.1, -0.05) is 23.2 Å². The molecule has 0 amide bonds. The second-order valence-corrected chi connectivity index (χ2v) is 2.94. The second kappa shape index (κ2) is 3.30. The fraction of sp³-hybridized carbons (Fsp3) is 0.143. The molecule has 0 unspecified atom stereocenters. The lowest BCUT2D eigenvalue weighted by molar-refractivity contribution is 1.08. The Morgan fingerprint density at radius 3 is 2.18 bits per heavy atom. The third-order valence-electron chi connectivity index (χ3n) is 1.45. The molecule has 0 radical (unpaired) electrons. The van der Waals surface area contributed by atoms with E-state index in [1.165, 1.54) is 0 Å². The van der Waals surface area contributed by atoms with Gasteiger partial charge in [-0.2, -0.15) is 0 Å². The Hall–Kier alpha value is -0.440. The summed E-state index contributed by atoms with van der Waals surface area (Å²) in [5, 5.41) is 1.06. The van der Waals surface area contributed by atoms with E-state index < -0.39 is 0 Å². The van der Waals surface area contributed by atoms with Crippen LogP contribution >= 0.6 is 23.2 Å². The van der Waals surface area contributed by atoms with Gasteiger partial charge in [0.2, 0.25) is 0 Å². The van der Waals surface area contributed by atoms with Gasteiger partial charge in [-0.05, 0) is 12.1 Å². The van der Waals surface area contributed by atoms with Gasteiger partial charge in [-0.15, -0.1) is 0 Å². The van der Waals surface area contributed by atoms with E-state index in [1.807, 2.05) is 0 Å². The van der Waals surface area contributed by atoms with Crippen molar-refractivity contribution >= 4 is 28.9 Å². The van der Waals surface area contributed by atoms with Crippen LogP contribution in [0.25, 0.3) is 0 Å². The van der Waals surface area contributed by atoms with Gasteiger partial charge in [-0.25, -0.2) is 0 Å². The minimum absolute atomic E-state index is 0.311. The molecule has 0 aromatic heterocycles. The van der Waals surface area contributed by atoms with Crippen LogP contribution in [-0.2, 0) is 6.54 Å². The van der Waals surface area contributed by atoms with E-state index in [2.05, 4.69) is 0 Å². The Kier molecular flexibility index (Phi) is 2.60. The zero-order chi connectivity index (χ0) is 8.43. The van der Waals surface area contributed by atoms with Crippen molar-refractivity contribution in [3.63, 3.8) is 0 Å². The number of anilines is 1. The smallest absolute Gasteiger partial charge is 0.0639 e. The highest BCUT2D eigenvalue weighted by molar-refractivity contribution is 6.35. The molecule has 1 rings (SSSR count). The summed E-state index contributed by atoms with van der Waals surface area (Å²) < 4.78 is 0. The predicted molar refractivity (Wildman–Crippen MR) is 48.8 cm³/mol. The van der Waals surface area contributed by atoms with Gasteiger partial charge in [0.1, 0.15) is 0 Å². The number of nitrogens with two attached hydrogens (primary N) is 2. The van der Waals surface area contributed by atoms with Crippen molar-refractivity contribution in [2.75, 3.05) is 5.73 Å². The number of nitrogen functional groups attached to an aromatic ring is 1. The normalized spacial score (nSPS) is 10.1. The van der Waals surface area contributed by atoms with Gasteiger partial charge in [0.15, 0.2) is 0 Å². The van der Waals surface area contributed by atoms with Gasteiger partial charge < -0.3 is 11.5 Å². The average Bonchev–Trinajstić information content (AvgIpc) is 1.99. The standard InChI is InChI=1S/C7H8Cl2N2/c8-5-1-2-6(9)7(11)4(5)3-10/h1-2H,3,10-11H2. The van der Waals surface area contributed by atoms with E-state index >= 15 is 0 Å². The maximum absolute atomic E-state index is 5.78. The SMILES string of the molecule is NCc1c(Cl)ccc(Cl)c1N. The van der Waals surface area contributed by atoms with Gasteiger partial charge >= 0.3 is 0 Å². The van der Waals surface area contributed by atoms with Crippen molar-refractivity contribution in [2.45, 2.75) is 6.54 Å². The molecule has 1 aromatic carbocycles. The molecule has 0 aliphatic rings. The molecule has 0 saturated carbocycles. The minimum atomic E-state index is 0.311. The number of hydrogen-bond acceptors (Lipinski definition) is 2. The Morgan fingerprint density at radius 1 is 1.18 bits per heavy atom. The molecule has 4 heteroatoms. The Labute approximate surface area is 75.1 Å². The van der Waals surface area contributed by atoms with Crippen LogP contribution < -0.4 is 11.5 Å². The molecule has 0 fully saturated rings. The maximum Gasteiger partial charge on any atom is 0.0639 e. The van der Waals surface area contributed by atoms with Gasteiger partial charge in [-0.3, -0.25) is 0 Å². The molecule has 4 N–H and O–H groups in total. The molecule has 60 valence electrons. The highest BCUT2D eigenvalue weighted by Gasteiger charge is 2.05. The largest absolute Gasteiger partial charge is 0.397 e. The van der Waals surface area contributed by atoms with Crippen LogP contribution in [0.1, 0.15) is 5.56 Å². The second-order valence-electron chi connectivity index (χ2n) is 2.13. The van der Waals surface area contributed by atoms with Crippen molar-refractivity contribution < 1.29 is 0 Å². The summed E-state index contributed by atoms with van der Waals surface area (Å²) in [6, 6.07) is 3.33. The number of halogens is 2. The van der Waals surface area contributed by atoms with Crippen LogP contribution in [0.15, 0.2) is 12.1 Å². The van der Waals surface area contributed by atoms with E-state index in [4.69, 9.17) is 34.7 Å². The third kappa shape index (κ3) is 1.59. The molecule has 11 heavy (non-hydrogen) atoms. The summed E-state index contributed by atoms with van der Waals surface area (Å²) in [5.41, 5.74) is 12.2. The van der Waals surface area contributed by atoms with Gasteiger partial charge in [0.05, 0.1) is 10.7 Å². The van der Waals surface area contributed by atoms with Crippen molar-refractivity contribution in [1.82, 2.24) is 0 Å². The lowest BCUT2D eigenvalue weighted by Gasteiger charge is -2.05. The monoisotopic (exact) mass is 190 g/mol. The van der Waals surface area contributed by atoms with Crippen molar-refractivity contribution in [3.8, 4) is 0 Å². The van der Waals surface area contributed by atoms with E-state index in [0.717, 1.165) is 0 Å². The first-order valence-corrected chi connectivity index (χ1v) is 3.85. The summed E-state index contributed by atoms with van der Waals surface area (Å²) in [6.45, 7) is 0.311. The Bertz CT molecular complexity index is 273. The van der Waals surface area contributed by atoms with Crippen molar-refractivity contribution in [3.05, 3.63) is 27.7 Å². The summed E-state index contributed by atoms with van der Waals surface area (Å²) >= 11 is 11.5. The molecule has 0 bridgehead atoms. The Balaban J connectivity index is 3.29. The van der Waals surface area contributed by atoms with E-state index in [0.29, 0.717) is 27.8 Å². The van der Waals surface area contributed by atoms with Crippen LogP contribution in [-0.4, -0.2) is 0 Å². The molecule has 0 atom stereocenters. The maximum atomic E-state index is 5.78. The van der Waals surface area contributed by atoms with E-state index in [-0.39, 0.29) is 0 Å². The molecule has 0 aliphatic heterocycles. The first-order valence-electron chi connectivity index (χ1n) is 3.09. The lowest BCUT2D eigenvalue weighted by Crippen LogP contribution is -2.02. The summed E-state index contributed by atoms with van der Waals surface area (Å²) in [7, 11) is 0. The van der Waals surface area contributed by atoms with E-state index in [9.17, 15) is 0 Å². The Morgan fingerprint density at radius 2 is 1.73 bits per heavy atom. The number of hydrogen-bond donors (Lipinski definition) is 2. The van der Waals surface area contributed by atoms with Crippen molar-refractivity contribution in [2.24, 2.45) is 5.73 Å². The molecule has 1 aromatic rings. The van der Waals surface area contributed by atoms with Gasteiger partial charge in [0, 0.05) is 17.1 Å². The summed E-state index contributed by atoms with van der Waals surface area (Å²) in [4.78, 5) is 0. The number of rotatable bonds is 1. The quantitative estimate of drug-likeness (QED) is 0.667. The lowest BCUT2D eigenvalue weighted by atomic mass is 10.2. The van der Waals surface area contributed by atoms with E-state index in [1.54, 1.807) is 12.1 Å². The molecule has 2 nitrogen and oxygen atoms in total. The molecule has 0 heterocycles. The molecule has 0 aliphatic carbocycles. The average molecular weight is 191 g/mol.